The molecule has 0 spiro atoms. The molecule has 0 amide bonds. The first-order chi connectivity index (χ1) is 25.8. The first kappa shape index (κ1) is 32.9. The van der Waals surface area contributed by atoms with Crippen LogP contribution in [0.3, 0.4) is 0 Å². The molecule has 10 rings (SSSR count). The molecule has 0 fully saturated rings. The molecule has 0 nitrogen and oxygen atoms in total. The Labute approximate surface area is 307 Å². The van der Waals surface area contributed by atoms with Gasteiger partial charge >= 0.3 is 0 Å². The molecule has 0 N–H and O–H groups in total. The molecule has 9 aromatic carbocycles. The Morgan fingerprint density at radius 3 is 1.23 bits per heavy atom. The SMILES string of the molecule is CC.CC.c1ccc(-c2ccc3cc(-c4ccc5c6c(cccc46)-c4c-5c(-c5ccccc5)c5ccccc5c4-c4ccccc4)ccc3c2)cc1. The maximum Gasteiger partial charge on any atom is -0.000741 e. The molecule has 0 saturated heterocycles. The molecule has 0 saturated carbocycles. The molecule has 0 heteroatoms. The third-order valence-electron chi connectivity index (χ3n) is 10.2. The van der Waals surface area contributed by atoms with E-state index in [1.807, 2.05) is 27.7 Å². The van der Waals surface area contributed by atoms with Crippen molar-refractivity contribution in [2.75, 3.05) is 0 Å². The van der Waals surface area contributed by atoms with Gasteiger partial charge in [-0.2, -0.15) is 0 Å². The van der Waals surface area contributed by atoms with E-state index in [1.54, 1.807) is 0 Å². The van der Waals surface area contributed by atoms with Crippen molar-refractivity contribution in [3.05, 3.63) is 182 Å². The van der Waals surface area contributed by atoms with Crippen LogP contribution in [0.1, 0.15) is 27.7 Å². The van der Waals surface area contributed by atoms with E-state index in [9.17, 15) is 0 Å². The van der Waals surface area contributed by atoms with Gasteiger partial charge in [0.15, 0.2) is 0 Å². The van der Waals surface area contributed by atoms with Crippen molar-refractivity contribution in [1.29, 1.82) is 0 Å². The van der Waals surface area contributed by atoms with E-state index in [2.05, 4.69) is 182 Å². The summed E-state index contributed by atoms with van der Waals surface area (Å²) in [6, 6.07) is 66.9. The molecular weight excluding hydrogens is 625 g/mol. The fourth-order valence-electron chi connectivity index (χ4n) is 8.08. The predicted molar refractivity (Wildman–Crippen MR) is 228 cm³/mol. The molecule has 0 aliphatic heterocycles. The van der Waals surface area contributed by atoms with Gasteiger partial charge in [-0.3, -0.25) is 0 Å². The summed E-state index contributed by atoms with van der Waals surface area (Å²) >= 11 is 0. The summed E-state index contributed by atoms with van der Waals surface area (Å²) in [4.78, 5) is 0. The van der Waals surface area contributed by atoms with Gasteiger partial charge in [-0.25, -0.2) is 0 Å². The summed E-state index contributed by atoms with van der Waals surface area (Å²) in [5, 5.41) is 7.72. The number of benzene rings is 9. The third-order valence-corrected chi connectivity index (χ3v) is 10.2. The van der Waals surface area contributed by atoms with Crippen LogP contribution in [0.2, 0.25) is 0 Å². The molecule has 1 aliphatic rings. The van der Waals surface area contributed by atoms with Crippen LogP contribution in [0.25, 0.3) is 99.1 Å². The molecule has 250 valence electrons. The van der Waals surface area contributed by atoms with Crippen LogP contribution in [0, 0.1) is 0 Å². The lowest BCUT2D eigenvalue weighted by molar-refractivity contribution is 1.50. The molecule has 0 atom stereocenters. The maximum atomic E-state index is 2.38. The number of fused-ring (bicyclic) bond motifs is 5. The van der Waals surface area contributed by atoms with E-state index in [0.29, 0.717) is 0 Å². The number of hydrogen-bond acceptors (Lipinski definition) is 0. The van der Waals surface area contributed by atoms with Crippen molar-refractivity contribution < 1.29 is 0 Å². The second-order valence-corrected chi connectivity index (χ2v) is 12.8. The highest BCUT2D eigenvalue weighted by atomic mass is 14.3. The molecule has 0 radical (unpaired) electrons. The largest absolute Gasteiger partial charge is 0.0683 e. The molecule has 0 bridgehead atoms. The normalized spacial score (nSPS) is 11.1. The zero-order valence-corrected chi connectivity index (χ0v) is 30.3. The summed E-state index contributed by atoms with van der Waals surface area (Å²) in [6.07, 6.45) is 0. The highest BCUT2D eigenvalue weighted by Crippen LogP contribution is 2.58. The van der Waals surface area contributed by atoms with Crippen molar-refractivity contribution in [3.63, 3.8) is 0 Å². The summed E-state index contributed by atoms with van der Waals surface area (Å²) in [5.74, 6) is 0. The topological polar surface area (TPSA) is 0 Å². The molecule has 52 heavy (non-hydrogen) atoms. The number of rotatable bonds is 4. The minimum absolute atomic E-state index is 1.24. The lowest BCUT2D eigenvalue weighted by Gasteiger charge is -2.20. The van der Waals surface area contributed by atoms with Gasteiger partial charge in [0.2, 0.25) is 0 Å². The Morgan fingerprint density at radius 2 is 0.673 bits per heavy atom. The van der Waals surface area contributed by atoms with Gasteiger partial charge < -0.3 is 0 Å². The summed E-state index contributed by atoms with van der Waals surface area (Å²) in [5.41, 5.74) is 15.4. The fourth-order valence-corrected chi connectivity index (χ4v) is 8.08. The Balaban J connectivity index is 0.000000937. The second-order valence-electron chi connectivity index (χ2n) is 12.8. The monoisotopic (exact) mass is 666 g/mol. The van der Waals surface area contributed by atoms with Crippen molar-refractivity contribution in [2.45, 2.75) is 27.7 Å². The van der Waals surface area contributed by atoms with Crippen LogP contribution in [0.15, 0.2) is 182 Å². The smallest absolute Gasteiger partial charge is 0.000741 e. The highest BCUT2D eigenvalue weighted by molar-refractivity contribution is 6.28. The zero-order chi connectivity index (χ0) is 35.6. The fraction of sp³-hybridized carbons (Fsp3) is 0.0769. The molecular formula is C52H42. The average molecular weight is 667 g/mol. The highest BCUT2D eigenvalue weighted by Gasteiger charge is 2.31. The van der Waals surface area contributed by atoms with Crippen molar-refractivity contribution in [1.82, 2.24) is 0 Å². The zero-order valence-electron chi connectivity index (χ0n) is 30.3. The van der Waals surface area contributed by atoms with E-state index in [1.165, 1.54) is 99.1 Å². The van der Waals surface area contributed by atoms with Crippen LogP contribution >= 0.6 is 0 Å². The van der Waals surface area contributed by atoms with E-state index in [4.69, 9.17) is 0 Å². The van der Waals surface area contributed by atoms with Crippen LogP contribution in [0.5, 0.6) is 0 Å². The summed E-state index contributed by atoms with van der Waals surface area (Å²) in [6.45, 7) is 8.00. The van der Waals surface area contributed by atoms with Crippen molar-refractivity contribution in [2.24, 2.45) is 0 Å². The third kappa shape index (κ3) is 5.40. The Bertz CT molecular complexity index is 2590. The van der Waals surface area contributed by atoms with Crippen LogP contribution < -0.4 is 0 Å². The van der Waals surface area contributed by atoms with Crippen molar-refractivity contribution >= 4 is 32.3 Å². The van der Waals surface area contributed by atoms with Gasteiger partial charge in [0.05, 0.1) is 0 Å². The van der Waals surface area contributed by atoms with Crippen molar-refractivity contribution in [3.8, 4) is 66.8 Å². The van der Waals surface area contributed by atoms with E-state index >= 15 is 0 Å². The molecule has 0 unspecified atom stereocenters. The molecule has 0 heterocycles. The summed E-state index contributed by atoms with van der Waals surface area (Å²) in [7, 11) is 0. The summed E-state index contributed by atoms with van der Waals surface area (Å²) < 4.78 is 0. The maximum absolute atomic E-state index is 2.38. The first-order valence-electron chi connectivity index (χ1n) is 18.7. The molecule has 1 aliphatic carbocycles. The van der Waals surface area contributed by atoms with Gasteiger partial charge in [-0.05, 0) is 111 Å². The Hall–Kier alpha value is -6.24. The van der Waals surface area contributed by atoms with Gasteiger partial charge in [-0.15, -0.1) is 0 Å². The van der Waals surface area contributed by atoms with E-state index < -0.39 is 0 Å². The standard InChI is InChI=1S/C48H30.2C2H6/c1-4-13-31(14-5-1)34-23-24-36-30-37(26-25-35(36)29-34)38-27-28-43-46-39(38)21-12-22-42(46)47-44(32-15-6-2-7-16-32)40-19-10-11-20-41(40)45(48(43)47)33-17-8-3-9-18-33;2*1-2/h1-30H;2*1-2H3. The lowest BCUT2D eigenvalue weighted by atomic mass is 9.82. The van der Waals surface area contributed by atoms with Gasteiger partial charge in [-0.1, -0.05) is 198 Å². The van der Waals surface area contributed by atoms with Crippen LogP contribution in [-0.4, -0.2) is 0 Å². The van der Waals surface area contributed by atoms with Gasteiger partial charge in [0.1, 0.15) is 0 Å². The second kappa shape index (κ2) is 14.2. The minimum atomic E-state index is 1.24. The predicted octanol–water partition coefficient (Wildman–Crippen LogP) is 15.5. The molecule has 9 aromatic rings. The van der Waals surface area contributed by atoms with E-state index in [-0.39, 0.29) is 0 Å². The van der Waals surface area contributed by atoms with Crippen LogP contribution in [-0.2, 0) is 0 Å². The van der Waals surface area contributed by atoms with E-state index in [0.717, 1.165) is 0 Å². The number of hydrogen-bond donors (Lipinski definition) is 0. The van der Waals surface area contributed by atoms with Gasteiger partial charge in [0, 0.05) is 0 Å². The first-order valence-corrected chi connectivity index (χ1v) is 18.7. The van der Waals surface area contributed by atoms with Crippen LogP contribution in [0.4, 0.5) is 0 Å². The lowest BCUT2D eigenvalue weighted by Crippen LogP contribution is -1.93. The molecule has 0 aromatic heterocycles. The Morgan fingerprint density at radius 1 is 0.250 bits per heavy atom. The van der Waals surface area contributed by atoms with Gasteiger partial charge in [0.25, 0.3) is 0 Å². The minimum Gasteiger partial charge on any atom is -0.0683 e. The average Bonchev–Trinajstić information content (AvgIpc) is 3.56. The Kier molecular flexibility index (Phi) is 8.98. The quantitative estimate of drug-likeness (QED) is 0.175.